The van der Waals surface area contributed by atoms with Crippen molar-refractivity contribution in [2.24, 2.45) is 17.7 Å². The highest BCUT2D eigenvalue weighted by Crippen LogP contribution is 2.38. The minimum absolute atomic E-state index is 0.341. The third-order valence-electron chi connectivity index (χ3n) is 3.22. The topological polar surface area (TPSA) is 51.2 Å². The Labute approximate surface area is 84.6 Å². The molecule has 1 aliphatic rings. The van der Waals surface area contributed by atoms with E-state index in [0.717, 1.165) is 18.1 Å². The highest BCUT2D eigenvalue weighted by Gasteiger charge is 2.33. The summed E-state index contributed by atoms with van der Waals surface area (Å²) < 4.78 is 5.32. The number of hydrogen-bond acceptors (Lipinski definition) is 3. The second-order valence-corrected chi connectivity index (χ2v) is 4.25. The maximum Gasteiger partial charge on any atom is 0.105 e. The van der Waals surface area contributed by atoms with E-state index >= 15 is 0 Å². The van der Waals surface area contributed by atoms with E-state index in [1.165, 1.54) is 12.8 Å². The first kappa shape index (κ1) is 9.74. The van der Waals surface area contributed by atoms with Gasteiger partial charge in [0.25, 0.3) is 0 Å². The zero-order valence-electron chi connectivity index (χ0n) is 8.57. The first-order valence-corrected chi connectivity index (χ1v) is 5.29. The summed E-state index contributed by atoms with van der Waals surface area (Å²) in [6, 6.07) is 4.27. The fraction of sp³-hybridized carbons (Fsp3) is 0.636. The van der Waals surface area contributed by atoms with Gasteiger partial charge in [-0.3, -0.25) is 11.3 Å². The van der Waals surface area contributed by atoms with Crippen LogP contribution >= 0.6 is 0 Å². The van der Waals surface area contributed by atoms with Gasteiger partial charge in [0.2, 0.25) is 0 Å². The van der Waals surface area contributed by atoms with E-state index in [2.05, 4.69) is 12.3 Å². The largest absolute Gasteiger partial charge is 0.469 e. The van der Waals surface area contributed by atoms with Crippen LogP contribution in [0.3, 0.4) is 0 Å². The predicted octanol–water partition coefficient (Wildman–Crippen LogP) is 1.70. The Kier molecular flexibility index (Phi) is 2.89. The minimum Gasteiger partial charge on any atom is -0.469 e. The standard InChI is InChI=1S/C11H18N2O/c1-8(9-4-5-9)11(13-12)7-10-3-2-6-14-10/h2-3,6,8-9,11,13H,4-5,7,12H2,1H3. The van der Waals surface area contributed by atoms with Gasteiger partial charge in [0.1, 0.15) is 5.76 Å². The normalized spacial score (nSPS) is 20.7. The number of nitrogens with one attached hydrogen (secondary N) is 1. The van der Waals surface area contributed by atoms with Crippen LogP contribution in [0.4, 0.5) is 0 Å². The summed E-state index contributed by atoms with van der Waals surface area (Å²) in [5, 5.41) is 0. The fourth-order valence-electron chi connectivity index (χ4n) is 1.99. The lowest BCUT2D eigenvalue weighted by Gasteiger charge is -2.21. The molecule has 3 N–H and O–H groups in total. The average Bonchev–Trinajstić information content (AvgIpc) is 2.93. The third-order valence-corrected chi connectivity index (χ3v) is 3.22. The maximum absolute atomic E-state index is 5.56. The van der Waals surface area contributed by atoms with Crippen molar-refractivity contribution in [3.63, 3.8) is 0 Å². The van der Waals surface area contributed by atoms with Crippen LogP contribution in [0.15, 0.2) is 22.8 Å². The van der Waals surface area contributed by atoms with Gasteiger partial charge in [0.15, 0.2) is 0 Å². The highest BCUT2D eigenvalue weighted by atomic mass is 16.3. The van der Waals surface area contributed by atoms with E-state index < -0.39 is 0 Å². The predicted molar refractivity (Wildman–Crippen MR) is 55.4 cm³/mol. The zero-order valence-corrected chi connectivity index (χ0v) is 8.57. The molecule has 0 bridgehead atoms. The average molecular weight is 194 g/mol. The van der Waals surface area contributed by atoms with Gasteiger partial charge in [-0.1, -0.05) is 6.92 Å². The lowest BCUT2D eigenvalue weighted by atomic mass is 9.94. The van der Waals surface area contributed by atoms with E-state index in [0.29, 0.717) is 12.0 Å². The molecule has 3 nitrogen and oxygen atoms in total. The van der Waals surface area contributed by atoms with Gasteiger partial charge in [-0.05, 0) is 36.8 Å². The molecule has 1 saturated carbocycles. The molecule has 0 amide bonds. The molecule has 78 valence electrons. The molecule has 2 atom stereocenters. The van der Waals surface area contributed by atoms with Crippen molar-refractivity contribution in [1.82, 2.24) is 5.43 Å². The van der Waals surface area contributed by atoms with Gasteiger partial charge in [-0.2, -0.15) is 0 Å². The third kappa shape index (κ3) is 2.16. The van der Waals surface area contributed by atoms with Gasteiger partial charge in [0.05, 0.1) is 6.26 Å². The quantitative estimate of drug-likeness (QED) is 0.554. The smallest absolute Gasteiger partial charge is 0.105 e. The van der Waals surface area contributed by atoms with Crippen LogP contribution in [0.5, 0.6) is 0 Å². The molecule has 0 aromatic carbocycles. The molecular formula is C11H18N2O. The van der Waals surface area contributed by atoms with Crippen molar-refractivity contribution < 1.29 is 4.42 Å². The van der Waals surface area contributed by atoms with Crippen molar-refractivity contribution in [3.05, 3.63) is 24.2 Å². The van der Waals surface area contributed by atoms with Crippen molar-refractivity contribution in [2.45, 2.75) is 32.2 Å². The molecule has 0 saturated heterocycles. The van der Waals surface area contributed by atoms with E-state index in [-0.39, 0.29) is 0 Å². The molecule has 1 heterocycles. The van der Waals surface area contributed by atoms with Gasteiger partial charge < -0.3 is 4.42 Å². The van der Waals surface area contributed by atoms with Gasteiger partial charge >= 0.3 is 0 Å². The van der Waals surface area contributed by atoms with E-state index in [4.69, 9.17) is 10.3 Å². The number of rotatable bonds is 5. The van der Waals surface area contributed by atoms with Crippen molar-refractivity contribution in [2.75, 3.05) is 0 Å². The number of furan rings is 1. The summed E-state index contributed by atoms with van der Waals surface area (Å²) in [5.41, 5.74) is 2.90. The fourth-order valence-corrected chi connectivity index (χ4v) is 1.99. The Morgan fingerprint density at radius 1 is 1.64 bits per heavy atom. The first-order valence-electron chi connectivity index (χ1n) is 5.29. The summed E-state index contributed by atoms with van der Waals surface area (Å²) in [6.07, 6.45) is 5.32. The van der Waals surface area contributed by atoms with Gasteiger partial charge in [0, 0.05) is 12.5 Å². The Morgan fingerprint density at radius 2 is 2.43 bits per heavy atom. The van der Waals surface area contributed by atoms with Crippen molar-refractivity contribution in [1.29, 1.82) is 0 Å². The SMILES string of the molecule is CC(C1CC1)C(Cc1ccco1)NN. The lowest BCUT2D eigenvalue weighted by molar-refractivity contribution is 0.325. The Hall–Kier alpha value is -0.800. The Morgan fingerprint density at radius 3 is 2.93 bits per heavy atom. The lowest BCUT2D eigenvalue weighted by Crippen LogP contribution is -2.42. The molecule has 0 spiro atoms. The van der Waals surface area contributed by atoms with E-state index in [1.807, 2.05) is 12.1 Å². The number of hydrogen-bond donors (Lipinski definition) is 2. The molecule has 2 unspecified atom stereocenters. The molecule has 1 aromatic heterocycles. The second kappa shape index (κ2) is 4.15. The van der Waals surface area contributed by atoms with Crippen molar-refractivity contribution >= 4 is 0 Å². The Bertz CT molecular complexity index is 267. The summed E-state index contributed by atoms with van der Waals surface area (Å²) in [5.74, 6) is 8.09. The molecule has 2 rings (SSSR count). The van der Waals surface area contributed by atoms with Gasteiger partial charge in [-0.15, -0.1) is 0 Å². The number of hydrazine groups is 1. The summed E-state index contributed by atoms with van der Waals surface area (Å²) in [4.78, 5) is 0. The van der Waals surface area contributed by atoms with Crippen LogP contribution in [0.2, 0.25) is 0 Å². The van der Waals surface area contributed by atoms with Crippen LogP contribution in [0.25, 0.3) is 0 Å². The molecule has 1 aliphatic carbocycles. The van der Waals surface area contributed by atoms with E-state index in [9.17, 15) is 0 Å². The first-order chi connectivity index (χ1) is 6.81. The monoisotopic (exact) mass is 194 g/mol. The van der Waals surface area contributed by atoms with Crippen LogP contribution in [0.1, 0.15) is 25.5 Å². The zero-order chi connectivity index (χ0) is 9.97. The summed E-state index contributed by atoms with van der Waals surface area (Å²) >= 11 is 0. The van der Waals surface area contributed by atoms with Crippen LogP contribution < -0.4 is 11.3 Å². The number of nitrogens with two attached hydrogens (primary N) is 1. The molecule has 0 radical (unpaired) electrons. The van der Waals surface area contributed by atoms with Crippen LogP contribution in [-0.2, 0) is 6.42 Å². The second-order valence-electron chi connectivity index (χ2n) is 4.25. The van der Waals surface area contributed by atoms with Crippen molar-refractivity contribution in [3.8, 4) is 0 Å². The summed E-state index contributed by atoms with van der Waals surface area (Å²) in [7, 11) is 0. The summed E-state index contributed by atoms with van der Waals surface area (Å²) in [6.45, 7) is 2.27. The Balaban J connectivity index is 1.92. The van der Waals surface area contributed by atoms with Crippen LogP contribution in [-0.4, -0.2) is 6.04 Å². The van der Waals surface area contributed by atoms with Crippen LogP contribution in [0, 0.1) is 11.8 Å². The molecule has 1 aromatic rings. The molecule has 1 fully saturated rings. The van der Waals surface area contributed by atoms with E-state index in [1.54, 1.807) is 6.26 Å². The molecule has 0 aliphatic heterocycles. The minimum atomic E-state index is 0.341. The highest BCUT2D eigenvalue weighted by molar-refractivity contribution is 5.02. The molecular weight excluding hydrogens is 176 g/mol. The van der Waals surface area contributed by atoms with Gasteiger partial charge in [-0.25, -0.2) is 0 Å². The maximum atomic E-state index is 5.56. The molecule has 14 heavy (non-hydrogen) atoms. The molecule has 3 heteroatoms.